The number of hydrogen-bond donors (Lipinski definition) is 27. The molecule has 0 aromatic heterocycles. The Balaban J connectivity index is 1.10. The number of ether oxygens (including phenoxy) is 13. The molecule has 5 amide bonds. The molecule has 7 aliphatic rings. The first kappa shape index (κ1) is 87.2. The summed E-state index contributed by atoms with van der Waals surface area (Å²) in [5.74, 6) is -15.2. The molecule has 0 aromatic carbocycles. The van der Waals surface area contributed by atoms with Crippen molar-refractivity contribution in [3.63, 3.8) is 0 Å². The molecule has 604 valence electrons. The van der Waals surface area contributed by atoms with Crippen molar-refractivity contribution in [1.82, 2.24) is 26.6 Å². The van der Waals surface area contributed by atoms with Gasteiger partial charge in [-0.2, -0.15) is 0 Å². The van der Waals surface area contributed by atoms with Gasteiger partial charge in [-0.05, 0) is 0 Å². The smallest absolute Gasteiger partial charge is 0.364 e. The molecule has 7 aliphatic heterocycles. The summed E-state index contributed by atoms with van der Waals surface area (Å²) in [6.45, 7) is -3.27. The quantitative estimate of drug-likeness (QED) is 0.0318. The predicted octanol–water partition coefficient (Wildman–Crippen LogP) is -17.1. The monoisotopic (exact) mass is 1530 g/mol. The molecule has 0 saturated carbocycles. The lowest BCUT2D eigenvalue weighted by Gasteiger charge is -2.51. The Kier molecular flexibility index (Phi) is 30.8. The molecule has 105 heavy (non-hydrogen) atoms. The molecule has 0 spiro atoms. The number of aliphatic hydroxyl groups is 20. The van der Waals surface area contributed by atoms with E-state index in [4.69, 9.17) is 61.6 Å². The third-order valence-corrected chi connectivity index (χ3v) is 18.5. The van der Waals surface area contributed by atoms with Gasteiger partial charge in [0.2, 0.25) is 29.5 Å². The molecule has 47 nitrogen and oxygen atoms in total. The van der Waals surface area contributed by atoms with Gasteiger partial charge in [-0.15, -0.1) is 0 Å². The van der Waals surface area contributed by atoms with Crippen molar-refractivity contribution in [2.24, 2.45) is 0 Å². The Hall–Kier alpha value is -5.03. The van der Waals surface area contributed by atoms with E-state index >= 15 is 0 Å². The lowest BCUT2D eigenvalue weighted by atomic mass is 9.88. The highest BCUT2D eigenvalue weighted by Crippen LogP contribution is 2.42. The fraction of sp³-hybridized carbons (Fsp3) is 0.879. The van der Waals surface area contributed by atoms with Gasteiger partial charge in [-0.25, -0.2) is 9.59 Å². The number of aliphatic hydroxyl groups excluding tert-OH is 20. The summed E-state index contributed by atoms with van der Waals surface area (Å²) >= 11 is 0. The largest absolute Gasteiger partial charge is 0.477 e. The maximum atomic E-state index is 13.1. The van der Waals surface area contributed by atoms with Gasteiger partial charge in [0, 0.05) is 47.5 Å². The fourth-order valence-corrected chi connectivity index (χ4v) is 13.3. The van der Waals surface area contributed by atoms with E-state index in [1.165, 1.54) is 0 Å². The number of carboxylic acids is 2. The maximum absolute atomic E-state index is 13.1. The molecule has 0 radical (unpaired) electrons. The molecule has 0 aromatic rings. The van der Waals surface area contributed by atoms with Crippen molar-refractivity contribution < 1.29 is 207 Å². The Labute approximate surface area is 593 Å². The average Bonchev–Trinajstić information content (AvgIpc) is 0.760. The Bertz CT molecular complexity index is 2900. The summed E-state index contributed by atoms with van der Waals surface area (Å²) in [6, 6.07) is -9.07. The Morgan fingerprint density at radius 2 is 0.714 bits per heavy atom. The van der Waals surface area contributed by atoms with Crippen molar-refractivity contribution >= 4 is 41.5 Å². The SMILES string of the molecule is CC(=O)N[C@@H]1[C@@H](O[C@@H]2O[C@H](CO)[C@@H](O[C@@H]3O[C@H](CO)[C@H](O)[C@H](O[C@]4(C(=O)O)C[C@H](O)[C@@H](NC(C)=O)[C@H]([C@H](O)[C@H](O)CO)O4)[C@H]3O)[C@H](O)[C@H]2NC(C)=O)[C@@H](O)[C@@H](CO[C@@H]2O[C@H](CO)[C@@H](O[C@@H]3O[C@H](CO)[C@H](O)[C@H](O[C@]4(C(=O)O)C[C@H](O)[C@@H](NC(C)=O)[C@H]([C@H](O)[C@H](O)CO)O4)[C@H]3O)[C@H](O)[C@H]2NC(C)=O)O[C@@H]1O. The minimum Gasteiger partial charge on any atom is -0.477 e. The van der Waals surface area contributed by atoms with Crippen molar-refractivity contribution in [1.29, 1.82) is 0 Å². The Morgan fingerprint density at radius 3 is 1.07 bits per heavy atom. The maximum Gasteiger partial charge on any atom is 0.364 e. The number of rotatable bonds is 30. The van der Waals surface area contributed by atoms with E-state index in [1.807, 2.05) is 0 Å². The van der Waals surface area contributed by atoms with Crippen LogP contribution in [0.25, 0.3) is 0 Å². The summed E-state index contributed by atoms with van der Waals surface area (Å²) < 4.78 is 75.4. The van der Waals surface area contributed by atoms with Crippen LogP contribution in [0.1, 0.15) is 47.5 Å². The molecule has 0 unspecified atom stereocenters. The van der Waals surface area contributed by atoms with Crippen LogP contribution >= 0.6 is 0 Å². The summed E-state index contributed by atoms with van der Waals surface area (Å²) in [5.41, 5.74) is 0. The second-order valence-electron chi connectivity index (χ2n) is 26.1. The second-order valence-corrected chi connectivity index (χ2v) is 26.1. The highest BCUT2D eigenvalue weighted by Gasteiger charge is 2.64. The van der Waals surface area contributed by atoms with Gasteiger partial charge in [0.25, 0.3) is 11.6 Å². The molecule has 7 fully saturated rings. The van der Waals surface area contributed by atoms with E-state index in [0.717, 1.165) is 34.6 Å². The number of amides is 5. The van der Waals surface area contributed by atoms with Crippen molar-refractivity contribution in [3.05, 3.63) is 0 Å². The van der Waals surface area contributed by atoms with Crippen LogP contribution in [0, 0.1) is 0 Å². The first-order valence-electron chi connectivity index (χ1n) is 32.9. The minimum atomic E-state index is -3.25. The van der Waals surface area contributed by atoms with E-state index in [9.17, 15) is 146 Å². The number of carbonyl (C=O) groups is 7. The lowest BCUT2D eigenvalue weighted by Crippen LogP contribution is -2.71. The van der Waals surface area contributed by atoms with E-state index in [0.29, 0.717) is 0 Å². The molecule has 0 bridgehead atoms. The van der Waals surface area contributed by atoms with Crippen LogP contribution in [-0.4, -0.2) is 426 Å². The molecule has 0 aliphatic carbocycles. The number of carboxylic acid groups (broad SMARTS) is 2. The molecular formula is C58H95N5O42. The third-order valence-electron chi connectivity index (χ3n) is 18.5. The number of aliphatic carboxylic acids is 2. The first-order valence-corrected chi connectivity index (χ1v) is 32.9. The van der Waals surface area contributed by atoms with Crippen LogP contribution in [0.15, 0.2) is 0 Å². The van der Waals surface area contributed by atoms with Gasteiger partial charge in [0.15, 0.2) is 31.5 Å². The summed E-state index contributed by atoms with van der Waals surface area (Å²) in [4.78, 5) is 88.9. The molecular weight excluding hydrogens is 1440 g/mol. The van der Waals surface area contributed by atoms with Crippen molar-refractivity contribution in [2.75, 3.05) is 46.2 Å². The van der Waals surface area contributed by atoms with Gasteiger partial charge in [-0.1, -0.05) is 0 Å². The van der Waals surface area contributed by atoms with Crippen LogP contribution in [0.4, 0.5) is 0 Å². The number of carbonyl (C=O) groups excluding carboxylic acids is 5. The van der Waals surface area contributed by atoms with Gasteiger partial charge in [-0.3, -0.25) is 24.0 Å². The van der Waals surface area contributed by atoms with Crippen LogP contribution in [0.2, 0.25) is 0 Å². The van der Waals surface area contributed by atoms with Crippen LogP contribution in [-0.2, 0) is 95.1 Å². The summed E-state index contributed by atoms with van der Waals surface area (Å²) in [5, 5.41) is 253. The minimum absolute atomic E-state index is 0.850. The van der Waals surface area contributed by atoms with Crippen molar-refractivity contribution in [2.45, 2.75) is 273 Å². The Morgan fingerprint density at radius 1 is 0.390 bits per heavy atom. The molecule has 37 atom stereocenters. The molecule has 7 heterocycles. The predicted molar refractivity (Wildman–Crippen MR) is 324 cm³/mol. The van der Waals surface area contributed by atoms with Crippen LogP contribution < -0.4 is 26.6 Å². The number of hydrogen-bond acceptors (Lipinski definition) is 40. The topological polar surface area (TPSA) is 745 Å². The van der Waals surface area contributed by atoms with Gasteiger partial charge < -0.3 is 201 Å². The van der Waals surface area contributed by atoms with Crippen LogP contribution in [0.3, 0.4) is 0 Å². The van der Waals surface area contributed by atoms with Crippen molar-refractivity contribution in [3.8, 4) is 0 Å². The zero-order chi connectivity index (χ0) is 78.3. The van der Waals surface area contributed by atoms with Gasteiger partial charge in [0.05, 0.1) is 70.5 Å². The third kappa shape index (κ3) is 19.6. The van der Waals surface area contributed by atoms with E-state index in [2.05, 4.69) is 26.6 Å². The van der Waals surface area contributed by atoms with E-state index in [1.54, 1.807) is 0 Å². The molecule has 7 saturated heterocycles. The van der Waals surface area contributed by atoms with E-state index < -0.39 is 326 Å². The normalized spacial score (nSPS) is 43.6. The molecule has 47 heteroatoms. The summed E-state index contributed by atoms with van der Waals surface area (Å²) in [6.07, 6.45) is -66.7. The first-order chi connectivity index (χ1) is 49.3. The number of nitrogens with one attached hydrogen (secondary N) is 5. The molecule has 7 rings (SSSR count). The lowest BCUT2D eigenvalue weighted by molar-refractivity contribution is -0.386. The van der Waals surface area contributed by atoms with Crippen LogP contribution in [0.5, 0.6) is 0 Å². The zero-order valence-corrected chi connectivity index (χ0v) is 56.6. The zero-order valence-electron chi connectivity index (χ0n) is 56.6. The van der Waals surface area contributed by atoms with Gasteiger partial charge >= 0.3 is 11.9 Å². The van der Waals surface area contributed by atoms with E-state index in [-0.39, 0.29) is 0 Å². The summed E-state index contributed by atoms with van der Waals surface area (Å²) in [7, 11) is 0. The molecule has 27 N–H and O–H groups in total. The highest BCUT2D eigenvalue weighted by molar-refractivity contribution is 5.78. The standard InChI is InChI=1S/C58H95N5O42/c1-15(70)59-29-20(75)6-57(55(89)90,102-46(29)34(79)22(77)8-64)104-48-36(81)24(10-66)95-53(41(48)86)99-43-26(12-68)97-51(31(39(43)84)61-17(3)72)93-14-28-38(83)45(33(50(88)94-28)63-19(5)74)101-52-32(62-18(4)73)40(85)44(27(13-69)98-52)100-54-42(87)49(37(82)25(11-67)96-54)105-58(56(91)92)7-21(76)30(60-16(2)71)47(103-58)35(80)23(78)9-65/h20-54,64-69,75-88H,6-14H2,1-5H3,(H,59,70)(H,60,71)(H,61,72)(H,62,73)(H,63,74)(H,89,90)(H,91,92)/t20-,21-,22+,23+,24+,25+,26+,27+,28+,29+,30+,31+,32+,33+,34+,35+,36-,37-,38-,39+,40+,41+,42+,43+,44+,45+,46+,47+,48-,49-,50-,51+,52-,53-,54-,57-,58-/m0/s1. The highest BCUT2D eigenvalue weighted by atomic mass is 16.8. The fourth-order valence-electron chi connectivity index (χ4n) is 13.3. The van der Waals surface area contributed by atoms with Gasteiger partial charge in [0.1, 0.15) is 159 Å². The second kappa shape index (κ2) is 37.1. The average molecular weight is 1530 g/mol.